The molecule has 0 aliphatic rings. The molecule has 0 N–H and O–H groups in total. The van der Waals surface area contributed by atoms with Crippen LogP contribution in [0.1, 0.15) is 58.8 Å². The topological polar surface area (TPSA) is 43.4 Å². The summed E-state index contributed by atoms with van der Waals surface area (Å²) in [5, 5.41) is 0. The highest BCUT2D eigenvalue weighted by Crippen LogP contribution is 2.06. The molecule has 3 heteroatoms. The molecule has 0 rings (SSSR count). The van der Waals surface area contributed by atoms with Crippen LogP contribution in [0.3, 0.4) is 0 Å². The monoisotopic (exact) mass is 214 g/mol. The summed E-state index contributed by atoms with van der Waals surface area (Å²) < 4.78 is 4.70. The highest BCUT2D eigenvalue weighted by Gasteiger charge is 2.09. The zero-order valence-electron chi connectivity index (χ0n) is 9.88. The van der Waals surface area contributed by atoms with Crippen molar-refractivity contribution in [1.29, 1.82) is 0 Å². The fraction of sp³-hybridized carbons (Fsp3) is 0.833. The number of carbonyl (C=O) groups is 2. The van der Waals surface area contributed by atoms with Crippen LogP contribution >= 0.6 is 0 Å². The lowest BCUT2D eigenvalue weighted by Gasteiger charge is -2.01. The summed E-state index contributed by atoms with van der Waals surface area (Å²) in [6.45, 7) is 4.25. The third kappa shape index (κ3) is 9.44. The number of unbranched alkanes of at least 4 members (excludes halogenated alkanes) is 4. The maximum Gasteiger partial charge on any atom is 0.313 e. The van der Waals surface area contributed by atoms with Crippen LogP contribution in [0, 0.1) is 0 Å². The lowest BCUT2D eigenvalue weighted by atomic mass is 10.1. The highest BCUT2D eigenvalue weighted by molar-refractivity contribution is 5.95. The lowest BCUT2D eigenvalue weighted by molar-refractivity contribution is -0.145. The van der Waals surface area contributed by atoms with Crippen LogP contribution in [-0.4, -0.2) is 18.4 Å². The summed E-state index contributed by atoms with van der Waals surface area (Å²) in [5.41, 5.74) is 0. The predicted octanol–water partition coefficient (Wildman–Crippen LogP) is 2.87. The number of esters is 1. The predicted molar refractivity (Wildman–Crippen MR) is 59.6 cm³/mol. The van der Waals surface area contributed by atoms with E-state index in [1.807, 2.05) is 0 Å². The molecule has 0 aromatic heterocycles. The van der Waals surface area contributed by atoms with Gasteiger partial charge in [0.1, 0.15) is 12.2 Å². The first-order valence-electron chi connectivity index (χ1n) is 5.88. The number of hydrogen-bond acceptors (Lipinski definition) is 3. The first kappa shape index (κ1) is 14.1. The molecule has 0 saturated carbocycles. The van der Waals surface area contributed by atoms with Crippen molar-refractivity contribution in [3.05, 3.63) is 0 Å². The van der Waals surface area contributed by atoms with Gasteiger partial charge in [-0.05, 0) is 13.3 Å². The van der Waals surface area contributed by atoms with Crippen molar-refractivity contribution in [1.82, 2.24) is 0 Å². The molecule has 0 heterocycles. The van der Waals surface area contributed by atoms with Crippen molar-refractivity contribution in [3.8, 4) is 0 Å². The van der Waals surface area contributed by atoms with Gasteiger partial charge < -0.3 is 4.74 Å². The Labute approximate surface area is 92.2 Å². The maximum absolute atomic E-state index is 11.3. The van der Waals surface area contributed by atoms with E-state index < -0.39 is 5.97 Å². The van der Waals surface area contributed by atoms with Crippen LogP contribution in [0.2, 0.25) is 0 Å². The van der Waals surface area contributed by atoms with Gasteiger partial charge >= 0.3 is 5.97 Å². The summed E-state index contributed by atoms with van der Waals surface area (Å²) in [5.74, 6) is -0.388. The minimum atomic E-state index is -0.393. The van der Waals surface area contributed by atoms with Gasteiger partial charge in [-0.1, -0.05) is 32.6 Å². The standard InChI is InChI=1S/C12H22O3/c1-3-5-6-7-8-9-11(13)10-12(14)15-4-2/h3-10H2,1-2H3. The van der Waals surface area contributed by atoms with Crippen molar-refractivity contribution >= 4 is 11.8 Å². The number of carbonyl (C=O) groups excluding carboxylic acids is 2. The van der Waals surface area contributed by atoms with Gasteiger partial charge in [-0.2, -0.15) is 0 Å². The van der Waals surface area contributed by atoms with Gasteiger partial charge in [-0.3, -0.25) is 9.59 Å². The summed E-state index contributed by atoms with van der Waals surface area (Å²) in [6, 6.07) is 0. The van der Waals surface area contributed by atoms with Crippen molar-refractivity contribution in [2.75, 3.05) is 6.61 Å². The third-order valence-corrected chi connectivity index (χ3v) is 2.21. The highest BCUT2D eigenvalue weighted by atomic mass is 16.5. The molecule has 3 nitrogen and oxygen atoms in total. The van der Waals surface area contributed by atoms with E-state index in [1.165, 1.54) is 19.3 Å². The molecule has 0 aliphatic carbocycles. The van der Waals surface area contributed by atoms with E-state index in [2.05, 4.69) is 6.92 Å². The minimum absolute atomic E-state index is 0.00458. The number of Topliss-reactive ketones (excluding diaryl/α,β-unsaturated/α-hetero) is 1. The molecule has 0 spiro atoms. The zero-order valence-corrected chi connectivity index (χ0v) is 9.88. The normalized spacial score (nSPS) is 10.0. The van der Waals surface area contributed by atoms with Crippen molar-refractivity contribution in [2.45, 2.75) is 58.8 Å². The molecule has 0 saturated heterocycles. The Hall–Kier alpha value is -0.860. The smallest absolute Gasteiger partial charge is 0.313 e. The average molecular weight is 214 g/mol. The van der Waals surface area contributed by atoms with E-state index in [9.17, 15) is 9.59 Å². The first-order chi connectivity index (χ1) is 7.20. The molecule has 0 amide bonds. The maximum atomic E-state index is 11.3. The Morgan fingerprint density at radius 1 is 1.00 bits per heavy atom. The van der Waals surface area contributed by atoms with Gasteiger partial charge in [0.15, 0.2) is 0 Å². The van der Waals surface area contributed by atoms with Gasteiger partial charge in [0, 0.05) is 6.42 Å². The van der Waals surface area contributed by atoms with Gasteiger partial charge in [-0.25, -0.2) is 0 Å². The SMILES string of the molecule is CCCCCCCC(=O)CC(=O)OCC. The second-order valence-corrected chi connectivity index (χ2v) is 3.68. The molecule has 0 aliphatic heterocycles. The fourth-order valence-electron chi connectivity index (χ4n) is 1.39. The summed E-state index contributed by atoms with van der Waals surface area (Å²) in [4.78, 5) is 22.2. The van der Waals surface area contributed by atoms with Crippen LogP contribution in [0.15, 0.2) is 0 Å². The van der Waals surface area contributed by atoms with Crippen molar-refractivity contribution in [2.24, 2.45) is 0 Å². The second kappa shape index (κ2) is 9.69. The van der Waals surface area contributed by atoms with Gasteiger partial charge in [0.05, 0.1) is 6.61 Å². The quantitative estimate of drug-likeness (QED) is 0.337. The summed E-state index contributed by atoms with van der Waals surface area (Å²) >= 11 is 0. The molecule has 0 fully saturated rings. The number of hydrogen-bond donors (Lipinski definition) is 0. The van der Waals surface area contributed by atoms with Crippen LogP contribution in [0.5, 0.6) is 0 Å². The molecule has 0 atom stereocenters. The van der Waals surface area contributed by atoms with E-state index in [1.54, 1.807) is 6.92 Å². The summed E-state index contributed by atoms with van der Waals surface area (Å²) in [6.07, 6.45) is 6.07. The third-order valence-electron chi connectivity index (χ3n) is 2.21. The van der Waals surface area contributed by atoms with Gasteiger partial charge in [0.2, 0.25) is 0 Å². The lowest BCUT2D eigenvalue weighted by Crippen LogP contribution is -2.10. The molecular formula is C12H22O3. The molecule has 0 radical (unpaired) electrons. The molecule has 88 valence electrons. The van der Waals surface area contributed by atoms with E-state index in [-0.39, 0.29) is 12.2 Å². The van der Waals surface area contributed by atoms with E-state index >= 15 is 0 Å². The Balaban J connectivity index is 3.37. The minimum Gasteiger partial charge on any atom is -0.466 e. The Morgan fingerprint density at radius 3 is 2.27 bits per heavy atom. The summed E-state index contributed by atoms with van der Waals surface area (Å²) in [7, 11) is 0. The van der Waals surface area contributed by atoms with Gasteiger partial charge in [-0.15, -0.1) is 0 Å². The van der Waals surface area contributed by atoms with Crippen LogP contribution < -0.4 is 0 Å². The zero-order chi connectivity index (χ0) is 11.5. The molecule has 15 heavy (non-hydrogen) atoms. The molecule has 0 bridgehead atoms. The largest absolute Gasteiger partial charge is 0.466 e. The molecular weight excluding hydrogens is 192 g/mol. The van der Waals surface area contributed by atoms with Crippen LogP contribution in [0.4, 0.5) is 0 Å². The van der Waals surface area contributed by atoms with Crippen LogP contribution in [-0.2, 0) is 14.3 Å². The van der Waals surface area contributed by atoms with E-state index in [0.717, 1.165) is 12.8 Å². The van der Waals surface area contributed by atoms with Crippen LogP contribution in [0.25, 0.3) is 0 Å². The van der Waals surface area contributed by atoms with E-state index in [0.29, 0.717) is 13.0 Å². The van der Waals surface area contributed by atoms with Crippen molar-refractivity contribution < 1.29 is 14.3 Å². The molecule has 0 aromatic carbocycles. The Kier molecular flexibility index (Phi) is 9.13. The molecule has 0 unspecified atom stereocenters. The van der Waals surface area contributed by atoms with Gasteiger partial charge in [0.25, 0.3) is 0 Å². The average Bonchev–Trinajstić information content (AvgIpc) is 2.17. The first-order valence-corrected chi connectivity index (χ1v) is 5.88. The number of rotatable bonds is 9. The van der Waals surface area contributed by atoms with E-state index in [4.69, 9.17) is 4.74 Å². The molecule has 0 aromatic rings. The Bertz CT molecular complexity index is 187. The Morgan fingerprint density at radius 2 is 1.67 bits per heavy atom. The second-order valence-electron chi connectivity index (χ2n) is 3.68. The number of ether oxygens (including phenoxy) is 1. The fourth-order valence-corrected chi connectivity index (χ4v) is 1.39. The number of ketones is 1. The van der Waals surface area contributed by atoms with Crippen molar-refractivity contribution in [3.63, 3.8) is 0 Å².